The molecule has 3 nitrogen and oxygen atoms in total. The summed E-state index contributed by atoms with van der Waals surface area (Å²) in [6.07, 6.45) is 2.22. The van der Waals surface area contributed by atoms with Crippen molar-refractivity contribution < 1.29 is 5.11 Å². The molecule has 0 amide bonds. The van der Waals surface area contributed by atoms with Gasteiger partial charge < -0.3 is 15.7 Å². The molecule has 0 aromatic heterocycles. The van der Waals surface area contributed by atoms with Crippen LogP contribution in [0.4, 0.5) is 5.69 Å². The number of aliphatic hydroxyl groups is 1. The molecule has 0 aliphatic carbocycles. The van der Waals surface area contributed by atoms with Crippen LogP contribution in [0, 0.1) is 0 Å². The Bertz CT molecular complexity index is 354. The number of piperidine rings is 1. The Labute approximate surface area is 113 Å². The van der Waals surface area contributed by atoms with Crippen molar-refractivity contribution in [3.05, 3.63) is 28.8 Å². The van der Waals surface area contributed by atoms with E-state index in [1.165, 1.54) is 0 Å². The highest BCUT2D eigenvalue weighted by atomic mass is 35.5. The largest absolute Gasteiger partial charge is 0.392 e. The first-order valence-corrected chi connectivity index (χ1v) is 6.04. The van der Waals surface area contributed by atoms with Gasteiger partial charge in [-0.2, -0.15) is 0 Å². The molecule has 3 N–H and O–H groups in total. The van der Waals surface area contributed by atoms with Crippen LogP contribution in [0.15, 0.2) is 18.2 Å². The van der Waals surface area contributed by atoms with E-state index in [0.29, 0.717) is 11.1 Å². The average Bonchev–Trinajstić information content (AvgIpc) is 2.31. The summed E-state index contributed by atoms with van der Waals surface area (Å²) >= 11 is 6.03. The van der Waals surface area contributed by atoms with Crippen molar-refractivity contribution in [3.8, 4) is 0 Å². The first-order chi connectivity index (χ1) is 7.81. The quantitative estimate of drug-likeness (QED) is 0.795. The van der Waals surface area contributed by atoms with Crippen LogP contribution >= 0.6 is 24.0 Å². The van der Waals surface area contributed by atoms with E-state index >= 15 is 0 Å². The highest BCUT2D eigenvalue weighted by Crippen LogP contribution is 2.25. The lowest BCUT2D eigenvalue weighted by molar-refractivity contribution is 0.282. The lowest BCUT2D eigenvalue weighted by Gasteiger charge is -2.25. The summed E-state index contributed by atoms with van der Waals surface area (Å²) in [4.78, 5) is 0. The van der Waals surface area contributed by atoms with E-state index in [4.69, 9.17) is 11.6 Å². The molecule has 1 aromatic rings. The average molecular weight is 277 g/mol. The molecule has 0 atom stereocenters. The highest BCUT2D eigenvalue weighted by molar-refractivity contribution is 6.31. The molecule has 5 heteroatoms. The van der Waals surface area contributed by atoms with Gasteiger partial charge >= 0.3 is 0 Å². The summed E-state index contributed by atoms with van der Waals surface area (Å²) in [6.45, 7) is 2.08. The summed E-state index contributed by atoms with van der Waals surface area (Å²) in [7, 11) is 0. The zero-order valence-electron chi connectivity index (χ0n) is 9.58. The van der Waals surface area contributed by atoms with E-state index in [2.05, 4.69) is 10.6 Å². The number of benzene rings is 1. The minimum atomic E-state index is -0.0209. The third kappa shape index (κ3) is 3.75. The second-order valence-electron chi connectivity index (χ2n) is 4.09. The van der Waals surface area contributed by atoms with E-state index in [1.807, 2.05) is 12.1 Å². The molecule has 0 radical (unpaired) electrons. The van der Waals surface area contributed by atoms with E-state index in [1.54, 1.807) is 6.07 Å². The molecule has 1 aromatic carbocycles. The lowest BCUT2D eigenvalue weighted by Crippen LogP contribution is -2.35. The van der Waals surface area contributed by atoms with Gasteiger partial charge in [0.2, 0.25) is 0 Å². The molecule has 1 saturated heterocycles. The Hall–Kier alpha value is -0.480. The molecule has 0 bridgehead atoms. The van der Waals surface area contributed by atoms with Crippen LogP contribution in [0.1, 0.15) is 18.4 Å². The molecule has 1 aliphatic heterocycles. The fraction of sp³-hybridized carbons (Fsp3) is 0.500. The van der Waals surface area contributed by atoms with Crippen molar-refractivity contribution in [3.63, 3.8) is 0 Å². The van der Waals surface area contributed by atoms with Gasteiger partial charge in [0.15, 0.2) is 0 Å². The topological polar surface area (TPSA) is 44.3 Å². The monoisotopic (exact) mass is 276 g/mol. The molecule has 17 heavy (non-hydrogen) atoms. The predicted octanol–water partition coefficient (Wildman–Crippen LogP) is 2.42. The maximum absolute atomic E-state index is 9.29. The second-order valence-corrected chi connectivity index (χ2v) is 4.50. The minimum Gasteiger partial charge on any atom is -0.392 e. The van der Waals surface area contributed by atoms with Gasteiger partial charge in [-0.15, -0.1) is 12.4 Å². The molecular weight excluding hydrogens is 259 g/mol. The van der Waals surface area contributed by atoms with Crippen LogP contribution in [0.25, 0.3) is 0 Å². The van der Waals surface area contributed by atoms with E-state index in [0.717, 1.165) is 37.2 Å². The first kappa shape index (κ1) is 14.6. The van der Waals surface area contributed by atoms with Crippen molar-refractivity contribution in [1.29, 1.82) is 0 Å². The third-order valence-electron chi connectivity index (χ3n) is 2.98. The fourth-order valence-corrected chi connectivity index (χ4v) is 2.28. The molecule has 1 heterocycles. The molecular formula is C12H18Cl2N2O. The van der Waals surface area contributed by atoms with Crippen molar-refractivity contribution in [2.75, 3.05) is 18.4 Å². The minimum absolute atomic E-state index is 0. The molecule has 0 saturated carbocycles. The van der Waals surface area contributed by atoms with Crippen molar-refractivity contribution in [1.82, 2.24) is 5.32 Å². The standard InChI is InChI=1S/C12H17ClN2O.ClH/c13-11-2-1-3-12(10(11)8-16)15-9-4-6-14-7-5-9;/h1-3,9,14-16H,4-8H2;1H. The van der Waals surface area contributed by atoms with E-state index in [-0.39, 0.29) is 19.0 Å². The molecule has 1 fully saturated rings. The second kappa shape index (κ2) is 7.07. The molecule has 96 valence electrons. The van der Waals surface area contributed by atoms with Gasteiger partial charge in [-0.25, -0.2) is 0 Å². The molecule has 0 spiro atoms. The molecule has 2 rings (SSSR count). The van der Waals surface area contributed by atoms with Gasteiger partial charge in [-0.3, -0.25) is 0 Å². The number of nitrogens with one attached hydrogen (secondary N) is 2. The zero-order chi connectivity index (χ0) is 11.4. The third-order valence-corrected chi connectivity index (χ3v) is 3.33. The zero-order valence-corrected chi connectivity index (χ0v) is 11.2. The summed E-state index contributed by atoms with van der Waals surface area (Å²) in [5.41, 5.74) is 1.75. The van der Waals surface area contributed by atoms with Gasteiger partial charge in [-0.05, 0) is 38.1 Å². The van der Waals surface area contributed by atoms with Crippen LogP contribution < -0.4 is 10.6 Å². The van der Waals surface area contributed by atoms with E-state index < -0.39 is 0 Å². The van der Waals surface area contributed by atoms with Crippen LogP contribution in [0.2, 0.25) is 5.02 Å². The number of hydrogen-bond donors (Lipinski definition) is 3. The van der Waals surface area contributed by atoms with Gasteiger partial charge in [0.1, 0.15) is 0 Å². The Morgan fingerprint density at radius 1 is 1.35 bits per heavy atom. The Kier molecular flexibility index (Phi) is 6.06. The number of rotatable bonds is 3. The normalized spacial score (nSPS) is 16.4. The molecule has 0 unspecified atom stereocenters. The number of hydrogen-bond acceptors (Lipinski definition) is 3. The smallest absolute Gasteiger partial charge is 0.0716 e. The molecule has 1 aliphatic rings. The van der Waals surface area contributed by atoms with Crippen LogP contribution in [0.5, 0.6) is 0 Å². The number of aliphatic hydroxyl groups excluding tert-OH is 1. The van der Waals surface area contributed by atoms with Gasteiger partial charge in [-0.1, -0.05) is 17.7 Å². The van der Waals surface area contributed by atoms with Gasteiger partial charge in [0.25, 0.3) is 0 Å². The summed E-state index contributed by atoms with van der Waals surface area (Å²) < 4.78 is 0. The lowest BCUT2D eigenvalue weighted by atomic mass is 10.1. The van der Waals surface area contributed by atoms with E-state index in [9.17, 15) is 5.11 Å². The van der Waals surface area contributed by atoms with Crippen LogP contribution in [0.3, 0.4) is 0 Å². The van der Waals surface area contributed by atoms with Crippen molar-refractivity contribution >= 4 is 29.7 Å². The Balaban J connectivity index is 0.00000144. The predicted molar refractivity (Wildman–Crippen MR) is 74.1 cm³/mol. The van der Waals surface area contributed by atoms with Gasteiger partial charge in [0.05, 0.1) is 6.61 Å². The van der Waals surface area contributed by atoms with Crippen LogP contribution in [-0.4, -0.2) is 24.2 Å². The Morgan fingerprint density at radius 2 is 2.06 bits per heavy atom. The first-order valence-electron chi connectivity index (χ1n) is 5.67. The van der Waals surface area contributed by atoms with Gasteiger partial charge in [0, 0.05) is 22.3 Å². The maximum Gasteiger partial charge on any atom is 0.0716 e. The number of halogens is 2. The summed E-state index contributed by atoms with van der Waals surface area (Å²) in [5.74, 6) is 0. The van der Waals surface area contributed by atoms with Crippen molar-refractivity contribution in [2.24, 2.45) is 0 Å². The fourth-order valence-electron chi connectivity index (χ4n) is 2.04. The number of anilines is 1. The highest BCUT2D eigenvalue weighted by Gasteiger charge is 2.14. The summed E-state index contributed by atoms with van der Waals surface area (Å²) in [6, 6.07) is 6.16. The SMILES string of the molecule is Cl.OCc1c(Cl)cccc1NC1CCNCC1. The maximum atomic E-state index is 9.29. The van der Waals surface area contributed by atoms with Crippen molar-refractivity contribution in [2.45, 2.75) is 25.5 Å². The van der Waals surface area contributed by atoms with Crippen LogP contribution in [-0.2, 0) is 6.61 Å². The summed E-state index contributed by atoms with van der Waals surface area (Å²) in [5, 5.41) is 16.7. The Morgan fingerprint density at radius 3 is 2.71 bits per heavy atom.